The molecule has 0 spiro atoms. The summed E-state index contributed by atoms with van der Waals surface area (Å²) in [6.45, 7) is 6.08. The van der Waals surface area contributed by atoms with E-state index in [-0.39, 0.29) is 18.5 Å². The van der Waals surface area contributed by atoms with Crippen molar-refractivity contribution in [2.75, 3.05) is 11.9 Å². The van der Waals surface area contributed by atoms with Crippen molar-refractivity contribution in [3.05, 3.63) is 63.1 Å². The predicted octanol–water partition coefficient (Wildman–Crippen LogP) is 4.90. The van der Waals surface area contributed by atoms with Crippen molar-refractivity contribution < 1.29 is 4.79 Å². The summed E-state index contributed by atoms with van der Waals surface area (Å²) in [4.78, 5) is 12.1. The second-order valence-corrected chi connectivity index (χ2v) is 6.49. The quantitative estimate of drug-likeness (QED) is 0.804. The third-order valence-corrected chi connectivity index (χ3v) is 4.15. The van der Waals surface area contributed by atoms with E-state index in [0.717, 1.165) is 16.7 Å². The average Bonchev–Trinajstić information content (AvgIpc) is 2.48. The number of aryl methyl sites for hydroxylation is 2. The maximum absolute atomic E-state index is 12.1. The fourth-order valence-corrected chi connectivity index (χ4v) is 2.96. The van der Waals surface area contributed by atoms with Crippen LogP contribution in [0.3, 0.4) is 0 Å². The van der Waals surface area contributed by atoms with Gasteiger partial charge in [0.15, 0.2) is 0 Å². The highest BCUT2D eigenvalue weighted by atomic mass is 35.5. The Hall–Kier alpha value is -1.55. The standard InChI is InChI=1S/C18H20Cl2N2O/c1-11-7-12(2)18(16(20)8-11)22-17(23)10-21-13(3)14-5-4-6-15(19)9-14/h4-9,13,21H,10H2,1-3H3,(H,22,23)/t13-/m0/s1. The second-order valence-electron chi connectivity index (χ2n) is 5.64. The van der Waals surface area contributed by atoms with E-state index in [1.54, 1.807) is 0 Å². The summed E-state index contributed by atoms with van der Waals surface area (Å²) in [5, 5.41) is 7.28. The van der Waals surface area contributed by atoms with Crippen LogP contribution in [0.4, 0.5) is 5.69 Å². The molecule has 0 heterocycles. The molecule has 0 bridgehead atoms. The van der Waals surface area contributed by atoms with E-state index in [2.05, 4.69) is 10.6 Å². The lowest BCUT2D eigenvalue weighted by atomic mass is 10.1. The number of anilines is 1. The van der Waals surface area contributed by atoms with Gasteiger partial charge in [-0.2, -0.15) is 0 Å². The van der Waals surface area contributed by atoms with Crippen LogP contribution < -0.4 is 10.6 Å². The van der Waals surface area contributed by atoms with Crippen molar-refractivity contribution in [3.63, 3.8) is 0 Å². The Labute approximate surface area is 147 Å². The fourth-order valence-electron chi connectivity index (χ4n) is 2.40. The molecule has 2 aromatic rings. The smallest absolute Gasteiger partial charge is 0.238 e. The molecule has 1 amide bonds. The van der Waals surface area contributed by atoms with Gasteiger partial charge in [-0.25, -0.2) is 0 Å². The van der Waals surface area contributed by atoms with E-state index in [1.165, 1.54) is 0 Å². The third-order valence-electron chi connectivity index (χ3n) is 3.61. The fraction of sp³-hybridized carbons (Fsp3) is 0.278. The molecule has 0 saturated carbocycles. The molecule has 2 rings (SSSR count). The van der Waals surface area contributed by atoms with Crippen LogP contribution in [-0.2, 0) is 4.79 Å². The Morgan fingerprint density at radius 3 is 2.57 bits per heavy atom. The van der Waals surface area contributed by atoms with Crippen LogP contribution in [-0.4, -0.2) is 12.5 Å². The first-order valence-corrected chi connectivity index (χ1v) is 8.18. The van der Waals surface area contributed by atoms with Gasteiger partial charge in [0.25, 0.3) is 0 Å². The maximum atomic E-state index is 12.1. The normalized spacial score (nSPS) is 12.0. The van der Waals surface area contributed by atoms with Gasteiger partial charge in [-0.15, -0.1) is 0 Å². The molecule has 3 nitrogen and oxygen atoms in total. The summed E-state index contributed by atoms with van der Waals surface area (Å²) in [6, 6.07) is 11.4. The van der Waals surface area contributed by atoms with Crippen molar-refractivity contribution >= 4 is 34.8 Å². The van der Waals surface area contributed by atoms with Gasteiger partial charge in [0.2, 0.25) is 5.91 Å². The van der Waals surface area contributed by atoms with Crippen molar-refractivity contribution in [1.82, 2.24) is 5.32 Å². The summed E-state index contributed by atoms with van der Waals surface area (Å²) < 4.78 is 0. The number of carbonyl (C=O) groups is 1. The molecule has 0 unspecified atom stereocenters. The largest absolute Gasteiger partial charge is 0.323 e. The van der Waals surface area contributed by atoms with Crippen molar-refractivity contribution in [3.8, 4) is 0 Å². The van der Waals surface area contributed by atoms with E-state index < -0.39 is 0 Å². The second kappa shape index (κ2) is 7.82. The highest BCUT2D eigenvalue weighted by Crippen LogP contribution is 2.27. The van der Waals surface area contributed by atoms with Crippen LogP contribution in [0.5, 0.6) is 0 Å². The molecule has 0 fully saturated rings. The van der Waals surface area contributed by atoms with E-state index in [4.69, 9.17) is 23.2 Å². The molecule has 0 saturated heterocycles. The van der Waals surface area contributed by atoms with Crippen molar-refractivity contribution in [2.24, 2.45) is 0 Å². The van der Waals surface area contributed by atoms with Crippen LogP contribution in [0.15, 0.2) is 36.4 Å². The van der Waals surface area contributed by atoms with Crippen molar-refractivity contribution in [2.45, 2.75) is 26.8 Å². The van der Waals surface area contributed by atoms with Gasteiger partial charge >= 0.3 is 0 Å². The van der Waals surface area contributed by atoms with Gasteiger partial charge in [-0.3, -0.25) is 4.79 Å². The number of benzene rings is 2. The highest BCUT2D eigenvalue weighted by Gasteiger charge is 2.11. The molecule has 2 N–H and O–H groups in total. The molecule has 2 aromatic carbocycles. The lowest BCUT2D eigenvalue weighted by Gasteiger charge is -2.16. The van der Waals surface area contributed by atoms with E-state index >= 15 is 0 Å². The minimum atomic E-state index is -0.132. The Morgan fingerprint density at radius 2 is 1.91 bits per heavy atom. The van der Waals surface area contributed by atoms with Crippen LogP contribution in [0.2, 0.25) is 10.0 Å². The first-order valence-electron chi connectivity index (χ1n) is 7.42. The van der Waals surface area contributed by atoms with Crippen LogP contribution >= 0.6 is 23.2 Å². The molecule has 1 atom stereocenters. The Morgan fingerprint density at radius 1 is 1.17 bits per heavy atom. The summed E-state index contributed by atoms with van der Waals surface area (Å²) >= 11 is 12.2. The molecule has 5 heteroatoms. The zero-order valence-electron chi connectivity index (χ0n) is 13.4. The lowest BCUT2D eigenvalue weighted by molar-refractivity contribution is -0.115. The number of amides is 1. The van der Waals surface area contributed by atoms with Gasteiger partial charge in [-0.05, 0) is 55.7 Å². The molecule has 0 aromatic heterocycles. The minimum Gasteiger partial charge on any atom is -0.323 e. The zero-order valence-corrected chi connectivity index (χ0v) is 14.9. The number of carbonyl (C=O) groups excluding carboxylic acids is 1. The number of nitrogens with one attached hydrogen (secondary N) is 2. The summed E-state index contributed by atoms with van der Waals surface area (Å²) in [6.07, 6.45) is 0. The van der Waals surface area contributed by atoms with E-state index in [9.17, 15) is 4.79 Å². The average molecular weight is 351 g/mol. The summed E-state index contributed by atoms with van der Waals surface area (Å²) in [7, 11) is 0. The first-order chi connectivity index (χ1) is 10.9. The van der Waals surface area contributed by atoms with Crippen LogP contribution in [0.25, 0.3) is 0 Å². The summed E-state index contributed by atoms with van der Waals surface area (Å²) in [5.41, 5.74) is 3.72. The first kappa shape index (κ1) is 17.8. The van der Waals surface area contributed by atoms with Gasteiger partial charge in [0, 0.05) is 11.1 Å². The zero-order chi connectivity index (χ0) is 17.0. The molecule has 0 aliphatic carbocycles. The van der Waals surface area contributed by atoms with Crippen molar-refractivity contribution in [1.29, 1.82) is 0 Å². The predicted molar refractivity (Wildman–Crippen MR) is 97.4 cm³/mol. The third kappa shape index (κ3) is 4.96. The van der Waals surface area contributed by atoms with Gasteiger partial charge < -0.3 is 10.6 Å². The molecular weight excluding hydrogens is 331 g/mol. The van der Waals surface area contributed by atoms with E-state index in [0.29, 0.717) is 15.7 Å². The monoisotopic (exact) mass is 350 g/mol. The molecule has 0 aliphatic heterocycles. The topological polar surface area (TPSA) is 41.1 Å². The SMILES string of the molecule is Cc1cc(C)c(NC(=O)CN[C@@H](C)c2cccc(Cl)c2)c(Cl)c1. The van der Waals surface area contributed by atoms with Gasteiger partial charge in [0.05, 0.1) is 17.3 Å². The number of halogens is 2. The molecule has 0 aliphatic rings. The maximum Gasteiger partial charge on any atom is 0.238 e. The lowest BCUT2D eigenvalue weighted by Crippen LogP contribution is -2.30. The highest BCUT2D eigenvalue weighted by molar-refractivity contribution is 6.34. The van der Waals surface area contributed by atoms with E-state index in [1.807, 2.05) is 57.2 Å². The van der Waals surface area contributed by atoms with Crippen LogP contribution in [0.1, 0.15) is 29.7 Å². The minimum absolute atomic E-state index is 0.0223. The Bertz CT molecular complexity index is 693. The molecule has 0 radical (unpaired) electrons. The molecule has 122 valence electrons. The van der Waals surface area contributed by atoms with Gasteiger partial charge in [0.1, 0.15) is 0 Å². The van der Waals surface area contributed by atoms with Gasteiger partial charge in [-0.1, -0.05) is 41.4 Å². The van der Waals surface area contributed by atoms with Crippen LogP contribution in [0, 0.1) is 13.8 Å². The Kier molecular flexibility index (Phi) is 6.05. The molecule has 23 heavy (non-hydrogen) atoms. The number of rotatable bonds is 5. The molecular formula is C18H20Cl2N2O. The number of hydrogen-bond donors (Lipinski definition) is 2. The summed E-state index contributed by atoms with van der Waals surface area (Å²) in [5.74, 6) is -0.132. The number of hydrogen-bond acceptors (Lipinski definition) is 2. The Balaban J connectivity index is 1.95.